The van der Waals surface area contributed by atoms with E-state index in [4.69, 9.17) is 15.5 Å². The Balaban J connectivity index is 1.47. The van der Waals surface area contributed by atoms with E-state index in [1.807, 2.05) is 66.7 Å². The van der Waals surface area contributed by atoms with Crippen molar-refractivity contribution >= 4 is 50.0 Å². The summed E-state index contributed by atoms with van der Waals surface area (Å²) in [7, 11) is 0. The van der Waals surface area contributed by atoms with E-state index in [0.717, 1.165) is 32.7 Å². The average Bonchev–Trinajstić information content (AvgIpc) is 3.26. The van der Waals surface area contributed by atoms with Crippen molar-refractivity contribution in [2.75, 3.05) is 11.1 Å². The number of fused-ring (bicyclic) bond motifs is 5. The van der Waals surface area contributed by atoms with Crippen LogP contribution in [0.5, 0.6) is 11.6 Å². The first-order valence-electron chi connectivity index (χ1n) is 10.9. The van der Waals surface area contributed by atoms with Crippen LogP contribution in [-0.4, -0.2) is 15.9 Å². The Morgan fingerprint density at radius 2 is 1.53 bits per heavy atom. The number of pyridine rings is 1. The maximum Gasteiger partial charge on any atom is 0.257 e. The van der Waals surface area contributed by atoms with Crippen LogP contribution in [0.4, 0.5) is 11.4 Å². The summed E-state index contributed by atoms with van der Waals surface area (Å²) in [5.41, 5.74) is 10.1. The summed E-state index contributed by atoms with van der Waals surface area (Å²) in [6.45, 7) is 0. The number of aromatic nitrogens is 2. The Morgan fingerprint density at radius 1 is 0.824 bits per heavy atom. The molecule has 0 unspecified atom stereocenters. The van der Waals surface area contributed by atoms with Crippen LogP contribution in [0.15, 0.2) is 97.1 Å². The number of ether oxygens (including phenoxy) is 1. The van der Waals surface area contributed by atoms with E-state index < -0.39 is 0 Å². The van der Waals surface area contributed by atoms with E-state index in [0.29, 0.717) is 28.6 Å². The van der Waals surface area contributed by atoms with Crippen LogP contribution in [0.25, 0.3) is 32.7 Å². The molecule has 0 spiro atoms. The van der Waals surface area contributed by atoms with Gasteiger partial charge in [0.1, 0.15) is 0 Å². The number of carbonyl (C=O) groups excluding carboxylic acids is 1. The zero-order valence-electron chi connectivity index (χ0n) is 18.1. The number of amides is 1. The van der Waals surface area contributed by atoms with Crippen LogP contribution in [0.2, 0.25) is 0 Å². The number of nitrogen functional groups attached to an aromatic ring is 1. The number of rotatable bonds is 4. The van der Waals surface area contributed by atoms with Crippen molar-refractivity contribution in [1.82, 2.24) is 9.97 Å². The SMILES string of the molecule is Nc1ccccc1C(=O)Nc1ccccc1Oc1nc2ccccc2c2[nH]c3ccccc3c12. The van der Waals surface area contributed by atoms with Gasteiger partial charge in [-0.3, -0.25) is 4.79 Å². The van der Waals surface area contributed by atoms with Gasteiger partial charge in [0.15, 0.2) is 5.75 Å². The van der Waals surface area contributed by atoms with Crippen LogP contribution < -0.4 is 15.8 Å². The topological polar surface area (TPSA) is 93.0 Å². The lowest BCUT2D eigenvalue weighted by atomic mass is 10.1. The highest BCUT2D eigenvalue weighted by molar-refractivity contribution is 6.18. The number of nitrogens with zero attached hydrogens (tertiary/aromatic N) is 1. The lowest BCUT2D eigenvalue weighted by Gasteiger charge is -2.14. The highest BCUT2D eigenvalue weighted by Gasteiger charge is 2.18. The van der Waals surface area contributed by atoms with Gasteiger partial charge in [-0.15, -0.1) is 0 Å². The van der Waals surface area contributed by atoms with Gasteiger partial charge in [-0.1, -0.05) is 60.7 Å². The van der Waals surface area contributed by atoms with Crippen molar-refractivity contribution in [1.29, 1.82) is 0 Å². The predicted molar refractivity (Wildman–Crippen MR) is 136 cm³/mol. The third-order valence-corrected chi connectivity index (χ3v) is 5.86. The molecule has 0 radical (unpaired) electrons. The van der Waals surface area contributed by atoms with Crippen molar-refractivity contribution in [3.05, 3.63) is 103 Å². The van der Waals surface area contributed by atoms with E-state index in [-0.39, 0.29) is 5.91 Å². The number of hydrogen-bond acceptors (Lipinski definition) is 4. The third-order valence-electron chi connectivity index (χ3n) is 5.86. The maximum absolute atomic E-state index is 12.9. The summed E-state index contributed by atoms with van der Waals surface area (Å²) >= 11 is 0. The van der Waals surface area contributed by atoms with Crippen LogP contribution in [-0.2, 0) is 0 Å². The minimum Gasteiger partial charge on any atom is -0.436 e. The fourth-order valence-electron chi connectivity index (χ4n) is 4.24. The van der Waals surface area contributed by atoms with E-state index in [9.17, 15) is 4.79 Å². The molecule has 0 aliphatic rings. The van der Waals surface area contributed by atoms with Crippen molar-refractivity contribution in [3.63, 3.8) is 0 Å². The molecular weight excluding hydrogens is 424 g/mol. The zero-order chi connectivity index (χ0) is 23.1. The molecule has 4 aromatic carbocycles. The minimum atomic E-state index is -0.308. The molecule has 4 N–H and O–H groups in total. The Kier molecular flexibility index (Phi) is 4.63. The molecular formula is C28H20N4O2. The second-order valence-corrected chi connectivity index (χ2v) is 7.99. The van der Waals surface area contributed by atoms with Gasteiger partial charge in [0.05, 0.1) is 27.7 Å². The molecule has 2 aromatic heterocycles. The van der Waals surface area contributed by atoms with Gasteiger partial charge >= 0.3 is 0 Å². The van der Waals surface area contributed by atoms with E-state index in [1.54, 1.807) is 30.3 Å². The molecule has 0 aliphatic carbocycles. The number of nitrogens with two attached hydrogens (primary N) is 1. The molecule has 0 atom stereocenters. The lowest BCUT2D eigenvalue weighted by molar-refractivity contribution is 0.102. The number of nitrogens with one attached hydrogen (secondary N) is 2. The first-order valence-corrected chi connectivity index (χ1v) is 10.9. The summed E-state index contributed by atoms with van der Waals surface area (Å²) < 4.78 is 6.39. The number of hydrogen-bond donors (Lipinski definition) is 3. The van der Waals surface area contributed by atoms with Gasteiger partial charge < -0.3 is 20.8 Å². The molecule has 164 valence electrons. The highest BCUT2D eigenvalue weighted by atomic mass is 16.5. The Hall–Kier alpha value is -4.84. The van der Waals surface area contributed by atoms with E-state index >= 15 is 0 Å². The van der Waals surface area contributed by atoms with Crippen LogP contribution >= 0.6 is 0 Å². The van der Waals surface area contributed by atoms with E-state index in [2.05, 4.69) is 10.3 Å². The van der Waals surface area contributed by atoms with Crippen LogP contribution in [0.3, 0.4) is 0 Å². The first kappa shape index (κ1) is 19.8. The zero-order valence-corrected chi connectivity index (χ0v) is 18.1. The molecule has 6 rings (SSSR count). The fourth-order valence-corrected chi connectivity index (χ4v) is 4.24. The van der Waals surface area contributed by atoms with Crippen LogP contribution in [0, 0.1) is 0 Å². The fraction of sp³-hybridized carbons (Fsp3) is 0. The predicted octanol–water partition coefficient (Wildman–Crippen LogP) is 6.50. The standard InChI is InChI=1S/C28H20N4O2/c29-20-12-4-1-9-17(20)27(33)31-23-15-7-8-16-24(23)34-28-25-18-10-2-5-13-21(18)30-26(25)19-11-3-6-14-22(19)32-28/h1-16,30H,29H2,(H,31,33). The average molecular weight is 444 g/mol. The van der Waals surface area contributed by atoms with Crippen molar-refractivity contribution in [2.24, 2.45) is 0 Å². The molecule has 1 amide bonds. The van der Waals surface area contributed by atoms with Crippen molar-refractivity contribution < 1.29 is 9.53 Å². The molecule has 6 aromatic rings. The molecule has 0 saturated carbocycles. The highest BCUT2D eigenvalue weighted by Crippen LogP contribution is 2.39. The lowest BCUT2D eigenvalue weighted by Crippen LogP contribution is -2.14. The Morgan fingerprint density at radius 3 is 2.41 bits per heavy atom. The summed E-state index contributed by atoms with van der Waals surface area (Å²) in [4.78, 5) is 21.2. The molecule has 6 heteroatoms. The molecule has 2 heterocycles. The normalized spacial score (nSPS) is 11.2. The molecule has 6 nitrogen and oxygen atoms in total. The monoisotopic (exact) mass is 444 g/mol. The number of H-pyrrole nitrogens is 1. The number of aromatic amines is 1. The Labute approximate surface area is 195 Å². The first-order chi connectivity index (χ1) is 16.7. The number of anilines is 2. The summed E-state index contributed by atoms with van der Waals surface area (Å²) in [5.74, 6) is 0.643. The van der Waals surface area contributed by atoms with Gasteiger partial charge in [-0.05, 0) is 36.4 Å². The second-order valence-electron chi connectivity index (χ2n) is 7.99. The summed E-state index contributed by atoms with van der Waals surface area (Å²) in [5, 5.41) is 5.85. The van der Waals surface area contributed by atoms with Gasteiger partial charge in [0.25, 0.3) is 5.91 Å². The third kappa shape index (κ3) is 3.29. The summed E-state index contributed by atoms with van der Waals surface area (Å²) in [6, 6.07) is 30.3. The smallest absolute Gasteiger partial charge is 0.257 e. The van der Waals surface area contributed by atoms with Gasteiger partial charge in [-0.2, -0.15) is 0 Å². The molecule has 0 bridgehead atoms. The quantitative estimate of drug-likeness (QED) is 0.271. The summed E-state index contributed by atoms with van der Waals surface area (Å²) in [6.07, 6.45) is 0. The largest absolute Gasteiger partial charge is 0.436 e. The molecule has 34 heavy (non-hydrogen) atoms. The molecule has 0 aliphatic heterocycles. The van der Waals surface area contributed by atoms with E-state index in [1.165, 1.54) is 0 Å². The minimum absolute atomic E-state index is 0.308. The van der Waals surface area contributed by atoms with Gasteiger partial charge in [-0.25, -0.2) is 4.98 Å². The number of benzene rings is 4. The molecule has 0 saturated heterocycles. The van der Waals surface area contributed by atoms with Crippen molar-refractivity contribution in [3.8, 4) is 11.6 Å². The van der Waals surface area contributed by atoms with Crippen LogP contribution in [0.1, 0.15) is 10.4 Å². The molecule has 0 fully saturated rings. The van der Waals surface area contributed by atoms with Gasteiger partial charge in [0, 0.05) is 22.0 Å². The maximum atomic E-state index is 12.9. The number of carbonyl (C=O) groups is 1. The Bertz CT molecular complexity index is 1700. The van der Waals surface area contributed by atoms with Gasteiger partial charge in [0.2, 0.25) is 5.88 Å². The number of para-hydroxylation sites is 5. The van der Waals surface area contributed by atoms with Crippen molar-refractivity contribution in [2.45, 2.75) is 0 Å². The second kappa shape index (κ2) is 7.94.